The zero-order chi connectivity index (χ0) is 20.9. The van der Waals surface area contributed by atoms with Gasteiger partial charge in [-0.15, -0.1) is 0 Å². The molecule has 0 bridgehead atoms. The van der Waals surface area contributed by atoms with E-state index in [0.29, 0.717) is 11.5 Å². The molecule has 2 aromatic carbocycles. The van der Waals surface area contributed by atoms with Crippen molar-refractivity contribution in [1.29, 1.82) is 0 Å². The van der Waals surface area contributed by atoms with Crippen LogP contribution in [0.15, 0.2) is 46.2 Å². The van der Waals surface area contributed by atoms with Crippen LogP contribution in [-0.4, -0.2) is 10.2 Å². The number of benzene rings is 2. The summed E-state index contributed by atoms with van der Waals surface area (Å²) in [5, 5.41) is 21.1. The molecular formula is C26H38O2S. The molecule has 0 heterocycles. The van der Waals surface area contributed by atoms with Gasteiger partial charge in [0.2, 0.25) is 0 Å². The Hall–Kier alpha value is -1.61. The van der Waals surface area contributed by atoms with Gasteiger partial charge in [-0.05, 0) is 48.9 Å². The summed E-state index contributed by atoms with van der Waals surface area (Å²) >= 11 is 1.53. The summed E-state index contributed by atoms with van der Waals surface area (Å²) in [6.07, 6.45) is 14.3. The first-order chi connectivity index (χ1) is 14.2. The fourth-order valence-electron chi connectivity index (χ4n) is 3.71. The lowest BCUT2D eigenvalue weighted by Gasteiger charge is -2.15. The molecule has 0 amide bonds. The minimum absolute atomic E-state index is 0.318. The van der Waals surface area contributed by atoms with Crippen LogP contribution in [0.1, 0.15) is 89.2 Å². The van der Waals surface area contributed by atoms with Crippen molar-refractivity contribution in [3.63, 3.8) is 0 Å². The van der Waals surface area contributed by atoms with Gasteiger partial charge in [-0.3, -0.25) is 0 Å². The SMILES string of the molecule is CCCCCCCc1cccc(O)c1Sc1c(O)cccc1CCCCCCC. The number of aryl methyl sites for hydroxylation is 2. The summed E-state index contributed by atoms with van der Waals surface area (Å²) in [6.45, 7) is 4.47. The van der Waals surface area contributed by atoms with Gasteiger partial charge < -0.3 is 10.2 Å². The zero-order valence-corrected chi connectivity index (χ0v) is 19.1. The number of aromatic hydroxyl groups is 2. The maximum absolute atomic E-state index is 10.5. The molecule has 2 N–H and O–H groups in total. The van der Waals surface area contributed by atoms with E-state index in [9.17, 15) is 10.2 Å². The summed E-state index contributed by atoms with van der Waals surface area (Å²) in [7, 11) is 0. The van der Waals surface area contributed by atoms with Crippen molar-refractivity contribution in [1.82, 2.24) is 0 Å². The number of phenols is 2. The first-order valence-corrected chi connectivity index (χ1v) is 12.3. The fourth-order valence-corrected chi connectivity index (χ4v) is 4.86. The predicted octanol–water partition coefficient (Wildman–Crippen LogP) is 8.27. The maximum Gasteiger partial charge on any atom is 0.129 e. The normalized spacial score (nSPS) is 11.1. The molecular weight excluding hydrogens is 376 g/mol. The molecule has 0 aromatic heterocycles. The zero-order valence-electron chi connectivity index (χ0n) is 18.3. The average molecular weight is 415 g/mol. The number of rotatable bonds is 14. The van der Waals surface area contributed by atoms with E-state index >= 15 is 0 Å². The van der Waals surface area contributed by atoms with Crippen LogP contribution in [0.3, 0.4) is 0 Å². The highest BCUT2D eigenvalue weighted by Gasteiger charge is 2.15. The van der Waals surface area contributed by atoms with E-state index in [1.54, 1.807) is 12.1 Å². The topological polar surface area (TPSA) is 40.5 Å². The van der Waals surface area contributed by atoms with Crippen molar-refractivity contribution in [2.24, 2.45) is 0 Å². The molecule has 3 heteroatoms. The molecule has 160 valence electrons. The Balaban J connectivity index is 2.10. The fraction of sp³-hybridized carbons (Fsp3) is 0.538. The van der Waals surface area contributed by atoms with Crippen LogP contribution < -0.4 is 0 Å². The molecule has 0 fully saturated rings. The van der Waals surface area contributed by atoms with Crippen molar-refractivity contribution in [2.75, 3.05) is 0 Å². The molecule has 2 aromatic rings. The average Bonchev–Trinajstić information content (AvgIpc) is 2.71. The summed E-state index contributed by atoms with van der Waals surface area (Å²) in [5.41, 5.74) is 2.37. The molecule has 2 rings (SSSR count). The van der Waals surface area contributed by atoms with Gasteiger partial charge in [-0.25, -0.2) is 0 Å². The highest BCUT2D eigenvalue weighted by Crippen LogP contribution is 2.43. The standard InChI is InChI=1S/C26H38O2S/c1-3-5-7-9-11-15-21-17-13-19-23(27)25(21)29-26-22(18-14-20-24(26)28)16-12-10-8-6-4-2/h13-14,17-20,27-28H,3-12,15-16H2,1-2H3. The van der Waals surface area contributed by atoms with Crippen molar-refractivity contribution in [2.45, 2.75) is 101 Å². The van der Waals surface area contributed by atoms with E-state index in [-0.39, 0.29) is 0 Å². The third-order valence-electron chi connectivity index (χ3n) is 5.46. The minimum Gasteiger partial charge on any atom is -0.507 e. The van der Waals surface area contributed by atoms with E-state index in [1.165, 1.54) is 74.3 Å². The molecule has 0 unspecified atom stereocenters. The van der Waals surface area contributed by atoms with Crippen LogP contribution in [-0.2, 0) is 12.8 Å². The molecule has 0 aliphatic rings. The highest BCUT2D eigenvalue weighted by atomic mass is 32.2. The molecule has 2 nitrogen and oxygen atoms in total. The van der Waals surface area contributed by atoms with Crippen molar-refractivity contribution in [3.05, 3.63) is 47.5 Å². The van der Waals surface area contributed by atoms with E-state index in [1.807, 2.05) is 12.1 Å². The third kappa shape index (κ3) is 7.97. The smallest absolute Gasteiger partial charge is 0.129 e. The Morgan fingerprint density at radius 3 is 1.41 bits per heavy atom. The molecule has 0 atom stereocenters. The van der Waals surface area contributed by atoms with Crippen molar-refractivity contribution < 1.29 is 10.2 Å². The third-order valence-corrected chi connectivity index (χ3v) is 6.81. The Morgan fingerprint density at radius 1 is 0.586 bits per heavy atom. The molecule has 0 saturated heterocycles. The summed E-state index contributed by atoms with van der Waals surface area (Å²) < 4.78 is 0. The molecule has 0 radical (unpaired) electrons. The Morgan fingerprint density at radius 2 is 1.00 bits per heavy atom. The molecule has 0 aliphatic carbocycles. The lowest BCUT2D eigenvalue weighted by Crippen LogP contribution is -1.94. The maximum atomic E-state index is 10.5. The second-order valence-electron chi connectivity index (χ2n) is 7.96. The highest BCUT2D eigenvalue weighted by molar-refractivity contribution is 7.99. The number of hydrogen-bond acceptors (Lipinski definition) is 3. The van der Waals surface area contributed by atoms with Crippen molar-refractivity contribution in [3.8, 4) is 11.5 Å². The van der Waals surface area contributed by atoms with Crippen LogP contribution in [0.5, 0.6) is 11.5 Å². The van der Waals surface area contributed by atoms with E-state index < -0.39 is 0 Å². The van der Waals surface area contributed by atoms with Crippen LogP contribution in [0.4, 0.5) is 0 Å². The largest absolute Gasteiger partial charge is 0.507 e. The van der Waals surface area contributed by atoms with Crippen LogP contribution in [0.2, 0.25) is 0 Å². The van der Waals surface area contributed by atoms with Gasteiger partial charge in [0.1, 0.15) is 11.5 Å². The molecule has 29 heavy (non-hydrogen) atoms. The summed E-state index contributed by atoms with van der Waals surface area (Å²) in [5.74, 6) is 0.636. The Labute approximate surface area is 181 Å². The number of hydrogen-bond donors (Lipinski definition) is 2. The summed E-state index contributed by atoms with van der Waals surface area (Å²) in [4.78, 5) is 1.80. The second kappa shape index (κ2) is 13.6. The van der Waals surface area contributed by atoms with E-state index in [2.05, 4.69) is 26.0 Å². The van der Waals surface area contributed by atoms with Gasteiger partial charge in [0.05, 0.1) is 9.79 Å². The van der Waals surface area contributed by atoms with Gasteiger partial charge in [-0.2, -0.15) is 0 Å². The second-order valence-corrected chi connectivity index (χ2v) is 8.98. The van der Waals surface area contributed by atoms with Gasteiger partial charge in [0.25, 0.3) is 0 Å². The van der Waals surface area contributed by atoms with Gasteiger partial charge in [0, 0.05) is 0 Å². The molecule has 0 aliphatic heterocycles. The molecule has 0 spiro atoms. The van der Waals surface area contributed by atoms with Crippen LogP contribution in [0.25, 0.3) is 0 Å². The van der Waals surface area contributed by atoms with Gasteiger partial charge in [-0.1, -0.05) is 101 Å². The molecule has 0 saturated carbocycles. The first kappa shape index (κ1) is 23.7. The van der Waals surface area contributed by atoms with Gasteiger partial charge in [0.15, 0.2) is 0 Å². The van der Waals surface area contributed by atoms with Gasteiger partial charge >= 0.3 is 0 Å². The predicted molar refractivity (Wildman–Crippen MR) is 125 cm³/mol. The van der Waals surface area contributed by atoms with E-state index in [0.717, 1.165) is 35.5 Å². The van der Waals surface area contributed by atoms with E-state index in [4.69, 9.17) is 0 Å². The number of phenolic OH excluding ortho intramolecular Hbond substituents is 2. The van der Waals surface area contributed by atoms with Crippen molar-refractivity contribution >= 4 is 11.8 Å². The number of unbranched alkanes of at least 4 members (excludes halogenated alkanes) is 8. The first-order valence-electron chi connectivity index (χ1n) is 11.5. The minimum atomic E-state index is 0.318. The van der Waals surface area contributed by atoms with Crippen LogP contribution in [0, 0.1) is 0 Å². The lowest BCUT2D eigenvalue weighted by atomic mass is 10.0. The summed E-state index contributed by atoms with van der Waals surface area (Å²) in [6, 6.07) is 11.6. The quantitative estimate of drug-likeness (QED) is 0.306. The monoisotopic (exact) mass is 414 g/mol. The lowest BCUT2D eigenvalue weighted by molar-refractivity contribution is 0.457. The van der Waals surface area contributed by atoms with Crippen LogP contribution >= 0.6 is 11.8 Å². The Kier molecular flexibility index (Phi) is 11.1. The Bertz CT molecular complexity index is 665.